The molecule has 27 heavy (non-hydrogen) atoms. The number of hydrogen-bond acceptors (Lipinski definition) is 3. The van der Waals surface area contributed by atoms with Crippen LogP contribution >= 0.6 is 0 Å². The molecular weight excluding hydrogens is 338 g/mol. The van der Waals surface area contributed by atoms with Gasteiger partial charge in [-0.25, -0.2) is 0 Å². The van der Waals surface area contributed by atoms with Gasteiger partial charge >= 0.3 is 0 Å². The molecule has 2 aromatic carbocycles. The van der Waals surface area contributed by atoms with Gasteiger partial charge in [-0.3, -0.25) is 4.79 Å². The average Bonchev–Trinajstić information content (AvgIpc) is 2.65. The molecule has 1 amide bonds. The summed E-state index contributed by atoms with van der Waals surface area (Å²) in [6, 6.07) is 12.0. The van der Waals surface area contributed by atoms with E-state index in [2.05, 4.69) is 24.4 Å². The number of hydrogen-bond donors (Lipinski definition) is 1. The molecule has 2 rings (SSSR count). The van der Waals surface area contributed by atoms with Crippen LogP contribution in [0.5, 0.6) is 11.5 Å². The van der Waals surface area contributed by atoms with E-state index in [1.54, 1.807) is 7.11 Å². The zero-order chi connectivity index (χ0) is 20.0. The van der Waals surface area contributed by atoms with Crippen LogP contribution in [0.3, 0.4) is 0 Å². The fourth-order valence-corrected chi connectivity index (χ4v) is 3.21. The number of ether oxygens (including phenoxy) is 2. The van der Waals surface area contributed by atoms with Crippen molar-refractivity contribution in [2.75, 3.05) is 7.11 Å². The number of carbonyl (C=O) groups excluding carboxylic acids is 1. The molecule has 4 heteroatoms. The summed E-state index contributed by atoms with van der Waals surface area (Å²) in [5.41, 5.74) is 4.35. The molecule has 0 radical (unpaired) electrons. The number of rotatable bonds is 8. The third-order valence-corrected chi connectivity index (χ3v) is 4.81. The Morgan fingerprint density at radius 1 is 0.963 bits per heavy atom. The first kappa shape index (κ1) is 20.8. The average molecular weight is 370 g/mol. The van der Waals surface area contributed by atoms with Crippen molar-refractivity contribution in [1.82, 2.24) is 5.32 Å². The molecule has 0 aliphatic rings. The van der Waals surface area contributed by atoms with E-state index in [1.807, 2.05) is 52.0 Å². The molecule has 146 valence electrons. The summed E-state index contributed by atoms with van der Waals surface area (Å²) in [6.45, 7) is 10.1. The Hall–Kier alpha value is -2.49. The minimum Gasteiger partial charge on any atom is -0.496 e. The van der Waals surface area contributed by atoms with Gasteiger partial charge in [0.15, 0.2) is 6.10 Å². The summed E-state index contributed by atoms with van der Waals surface area (Å²) in [7, 11) is 1.66. The molecule has 0 aliphatic heterocycles. The zero-order valence-corrected chi connectivity index (χ0v) is 17.3. The molecule has 0 saturated heterocycles. The van der Waals surface area contributed by atoms with Gasteiger partial charge in [0.05, 0.1) is 13.2 Å². The molecule has 2 atom stereocenters. The second kappa shape index (κ2) is 9.45. The molecule has 2 aromatic rings. The molecule has 1 N–H and O–H groups in total. The monoisotopic (exact) mass is 369 g/mol. The Balaban J connectivity index is 2.12. The summed E-state index contributed by atoms with van der Waals surface area (Å²) in [6.07, 6.45) is 0.897. The number of amides is 1. The molecular formula is C23H31NO3. The van der Waals surface area contributed by atoms with Crippen molar-refractivity contribution in [2.45, 2.75) is 59.6 Å². The molecule has 0 aliphatic carbocycles. The van der Waals surface area contributed by atoms with Crippen molar-refractivity contribution in [1.29, 1.82) is 0 Å². The van der Waals surface area contributed by atoms with Crippen molar-refractivity contribution in [2.24, 2.45) is 0 Å². The highest BCUT2D eigenvalue weighted by molar-refractivity contribution is 5.81. The quantitative estimate of drug-likeness (QED) is 0.709. The predicted molar refractivity (Wildman–Crippen MR) is 110 cm³/mol. The van der Waals surface area contributed by atoms with E-state index in [1.165, 1.54) is 5.56 Å². The Bertz CT molecular complexity index is 785. The van der Waals surface area contributed by atoms with Crippen LogP contribution in [0.25, 0.3) is 0 Å². The van der Waals surface area contributed by atoms with Gasteiger partial charge in [0.2, 0.25) is 0 Å². The van der Waals surface area contributed by atoms with E-state index in [4.69, 9.17) is 9.47 Å². The molecule has 0 spiro atoms. The van der Waals surface area contributed by atoms with Gasteiger partial charge in [-0.15, -0.1) is 0 Å². The third-order valence-electron chi connectivity index (χ3n) is 4.81. The van der Waals surface area contributed by atoms with E-state index in [-0.39, 0.29) is 11.9 Å². The highest BCUT2D eigenvalue weighted by atomic mass is 16.5. The minimum atomic E-state index is -0.514. The molecule has 0 aromatic heterocycles. The maximum Gasteiger partial charge on any atom is 0.261 e. The Kier molecular flexibility index (Phi) is 7.28. The second-order valence-electron chi connectivity index (χ2n) is 6.98. The normalized spacial score (nSPS) is 13.0. The van der Waals surface area contributed by atoms with E-state index in [0.717, 1.165) is 34.6 Å². The lowest BCUT2D eigenvalue weighted by Gasteiger charge is -2.23. The van der Waals surface area contributed by atoms with Crippen LogP contribution in [-0.4, -0.2) is 19.1 Å². The van der Waals surface area contributed by atoms with Gasteiger partial charge in [-0.1, -0.05) is 43.7 Å². The maximum absolute atomic E-state index is 12.8. The van der Waals surface area contributed by atoms with Crippen molar-refractivity contribution in [3.63, 3.8) is 0 Å². The van der Waals surface area contributed by atoms with E-state index in [9.17, 15) is 4.79 Å². The fraction of sp³-hybridized carbons (Fsp3) is 0.435. The van der Waals surface area contributed by atoms with Crippen LogP contribution in [0.2, 0.25) is 0 Å². The number of nitrogens with one attached hydrogen (secondary N) is 1. The van der Waals surface area contributed by atoms with E-state index >= 15 is 0 Å². The number of carbonyl (C=O) groups is 1. The molecule has 4 nitrogen and oxygen atoms in total. The standard InChI is InChI=1S/C23H31NO3/c1-7-19(18-10-12-21(26-6)17(5)14-18)24-23(25)20(8-2)27-22-11-9-15(3)13-16(22)4/h9-14,19-20H,7-8H2,1-6H3,(H,24,25). The predicted octanol–water partition coefficient (Wildman–Crippen LogP) is 5.05. The smallest absolute Gasteiger partial charge is 0.261 e. The topological polar surface area (TPSA) is 47.6 Å². The van der Waals surface area contributed by atoms with Crippen molar-refractivity contribution in [3.8, 4) is 11.5 Å². The molecule has 0 bridgehead atoms. The Morgan fingerprint density at radius 3 is 2.19 bits per heavy atom. The summed E-state index contributed by atoms with van der Waals surface area (Å²) >= 11 is 0. The van der Waals surface area contributed by atoms with Crippen molar-refractivity contribution >= 4 is 5.91 Å². The Morgan fingerprint density at radius 2 is 1.63 bits per heavy atom. The lowest BCUT2D eigenvalue weighted by atomic mass is 10.0. The first-order valence-electron chi connectivity index (χ1n) is 9.58. The third kappa shape index (κ3) is 5.25. The van der Waals surface area contributed by atoms with Crippen LogP contribution in [0.4, 0.5) is 0 Å². The lowest BCUT2D eigenvalue weighted by molar-refractivity contribution is -0.129. The largest absolute Gasteiger partial charge is 0.496 e. The minimum absolute atomic E-state index is 0.0566. The highest BCUT2D eigenvalue weighted by Crippen LogP contribution is 2.25. The Labute approximate surface area is 162 Å². The molecule has 2 unspecified atom stereocenters. The molecule has 0 saturated carbocycles. The first-order chi connectivity index (χ1) is 12.9. The zero-order valence-electron chi connectivity index (χ0n) is 17.3. The first-order valence-corrected chi connectivity index (χ1v) is 9.58. The van der Waals surface area contributed by atoms with Gasteiger partial charge in [0.25, 0.3) is 5.91 Å². The van der Waals surface area contributed by atoms with Crippen molar-refractivity contribution in [3.05, 3.63) is 58.7 Å². The molecule has 0 heterocycles. The van der Waals surface area contributed by atoms with E-state index < -0.39 is 6.10 Å². The lowest BCUT2D eigenvalue weighted by Crippen LogP contribution is -2.40. The summed E-state index contributed by atoms with van der Waals surface area (Å²) < 4.78 is 11.3. The van der Waals surface area contributed by atoms with Gasteiger partial charge in [-0.2, -0.15) is 0 Å². The number of methoxy groups -OCH3 is 1. The van der Waals surface area contributed by atoms with Crippen molar-refractivity contribution < 1.29 is 14.3 Å². The van der Waals surface area contributed by atoms with Gasteiger partial charge in [0.1, 0.15) is 11.5 Å². The molecule has 0 fully saturated rings. The highest BCUT2D eigenvalue weighted by Gasteiger charge is 2.22. The van der Waals surface area contributed by atoms with Crippen LogP contribution in [-0.2, 0) is 4.79 Å². The van der Waals surface area contributed by atoms with Gasteiger partial charge < -0.3 is 14.8 Å². The number of aryl methyl sites for hydroxylation is 3. The SMILES string of the molecule is CCC(Oc1ccc(C)cc1C)C(=O)NC(CC)c1ccc(OC)c(C)c1. The van der Waals surface area contributed by atoms with Crippen LogP contribution in [0.1, 0.15) is 55.0 Å². The van der Waals surface area contributed by atoms with Crippen LogP contribution in [0, 0.1) is 20.8 Å². The number of benzene rings is 2. The summed E-state index contributed by atoms with van der Waals surface area (Å²) in [5.74, 6) is 1.53. The summed E-state index contributed by atoms with van der Waals surface area (Å²) in [5, 5.41) is 3.15. The second-order valence-corrected chi connectivity index (χ2v) is 6.98. The van der Waals surface area contributed by atoms with Crippen LogP contribution < -0.4 is 14.8 Å². The fourth-order valence-electron chi connectivity index (χ4n) is 3.21. The summed E-state index contributed by atoms with van der Waals surface area (Å²) in [4.78, 5) is 12.8. The maximum atomic E-state index is 12.8. The van der Waals surface area contributed by atoms with E-state index in [0.29, 0.717) is 6.42 Å². The van der Waals surface area contributed by atoms with Gasteiger partial charge in [0, 0.05) is 0 Å². The van der Waals surface area contributed by atoms with Crippen LogP contribution in [0.15, 0.2) is 36.4 Å². The van der Waals surface area contributed by atoms with Gasteiger partial charge in [-0.05, 0) is 62.4 Å².